The molecule has 0 bridgehead atoms. The van der Waals surface area contributed by atoms with E-state index in [1.807, 2.05) is 54.6 Å². The Morgan fingerprint density at radius 3 is 2.46 bits per heavy atom. The summed E-state index contributed by atoms with van der Waals surface area (Å²) in [5.74, 6) is 0. The summed E-state index contributed by atoms with van der Waals surface area (Å²) in [5, 5.41) is 1.50. The van der Waals surface area contributed by atoms with Crippen molar-refractivity contribution in [2.24, 2.45) is 7.05 Å². The van der Waals surface area contributed by atoms with Crippen LogP contribution in [0.4, 0.5) is 0 Å². The predicted molar refractivity (Wildman–Crippen MR) is 106 cm³/mol. The first kappa shape index (κ1) is 15.2. The van der Waals surface area contributed by atoms with Crippen LogP contribution in [0.2, 0.25) is 5.02 Å². The van der Waals surface area contributed by atoms with E-state index in [1.54, 1.807) is 28.3 Å². The summed E-state index contributed by atoms with van der Waals surface area (Å²) in [7, 11) is 1.78. The van der Waals surface area contributed by atoms with Crippen LogP contribution in [0.5, 0.6) is 0 Å². The summed E-state index contributed by atoms with van der Waals surface area (Å²) in [4.78, 5) is 17.8. The average molecular weight is 360 g/mol. The molecule has 3 heterocycles. The first-order valence-corrected chi connectivity index (χ1v) is 8.68. The third kappa shape index (κ3) is 1.90. The largest absolute Gasteiger partial charge is 0.333 e. The molecule has 126 valence electrons. The monoisotopic (exact) mass is 359 g/mol. The quantitative estimate of drug-likeness (QED) is 0.436. The molecule has 3 aromatic heterocycles. The van der Waals surface area contributed by atoms with Crippen LogP contribution in [0.1, 0.15) is 0 Å². The Morgan fingerprint density at radius 2 is 1.65 bits per heavy atom. The molecule has 5 rings (SSSR count). The van der Waals surface area contributed by atoms with Crippen molar-refractivity contribution in [3.05, 3.63) is 82.4 Å². The SMILES string of the molecule is Cn1c(=O)n2c3c(Cl)ccnc3c(-c3ccccc3)c2c2ccccc21. The first-order chi connectivity index (χ1) is 12.7. The molecule has 0 saturated heterocycles. The van der Waals surface area contributed by atoms with Gasteiger partial charge in [-0.2, -0.15) is 0 Å². The molecule has 0 aliphatic carbocycles. The number of benzene rings is 2. The summed E-state index contributed by atoms with van der Waals surface area (Å²) in [6, 6.07) is 19.6. The fourth-order valence-electron chi connectivity index (χ4n) is 3.71. The van der Waals surface area contributed by atoms with Crippen LogP contribution in [0.15, 0.2) is 71.7 Å². The van der Waals surface area contributed by atoms with Gasteiger partial charge in [0, 0.05) is 24.2 Å². The van der Waals surface area contributed by atoms with Crippen molar-refractivity contribution < 1.29 is 0 Å². The predicted octanol–water partition coefficient (Wildman–Crippen LogP) is 4.66. The highest BCUT2D eigenvalue weighted by Gasteiger charge is 2.21. The zero-order valence-corrected chi connectivity index (χ0v) is 14.7. The second-order valence-corrected chi connectivity index (χ2v) is 6.68. The Bertz CT molecular complexity index is 1370. The van der Waals surface area contributed by atoms with E-state index in [-0.39, 0.29) is 5.69 Å². The molecule has 0 unspecified atom stereocenters. The third-order valence-corrected chi connectivity index (χ3v) is 5.16. The molecule has 0 N–H and O–H groups in total. The van der Waals surface area contributed by atoms with E-state index in [1.165, 1.54) is 0 Å². The maximum Gasteiger partial charge on any atom is 0.333 e. The van der Waals surface area contributed by atoms with Crippen molar-refractivity contribution in [2.45, 2.75) is 0 Å². The molecular formula is C21H14ClN3O. The molecular weight excluding hydrogens is 346 g/mol. The molecule has 0 aliphatic rings. The Labute approximate surface area is 153 Å². The lowest BCUT2D eigenvalue weighted by atomic mass is 10.0. The van der Waals surface area contributed by atoms with Crippen molar-refractivity contribution in [2.75, 3.05) is 0 Å². The summed E-state index contributed by atoms with van der Waals surface area (Å²) in [6.07, 6.45) is 1.68. The highest BCUT2D eigenvalue weighted by Crippen LogP contribution is 2.38. The number of nitrogens with zero attached hydrogens (tertiary/aromatic N) is 3. The van der Waals surface area contributed by atoms with Crippen LogP contribution in [0.25, 0.3) is 38.6 Å². The number of pyridine rings is 1. The Morgan fingerprint density at radius 1 is 0.923 bits per heavy atom. The maximum atomic E-state index is 13.2. The van der Waals surface area contributed by atoms with Gasteiger partial charge in [0.15, 0.2) is 0 Å². The van der Waals surface area contributed by atoms with Gasteiger partial charge in [-0.1, -0.05) is 60.1 Å². The Kier molecular flexibility index (Phi) is 3.18. The fraction of sp³-hybridized carbons (Fsp3) is 0.0476. The first-order valence-electron chi connectivity index (χ1n) is 8.30. The Balaban J connectivity index is 2.20. The summed E-state index contributed by atoms with van der Waals surface area (Å²) < 4.78 is 3.34. The summed E-state index contributed by atoms with van der Waals surface area (Å²) in [6.45, 7) is 0. The molecule has 0 amide bonds. The number of aromatic nitrogens is 3. The molecule has 0 atom stereocenters. The van der Waals surface area contributed by atoms with Gasteiger partial charge in [-0.05, 0) is 17.7 Å². The number of aryl methyl sites for hydroxylation is 1. The molecule has 0 saturated carbocycles. The van der Waals surface area contributed by atoms with Crippen molar-refractivity contribution in [1.29, 1.82) is 0 Å². The highest BCUT2D eigenvalue weighted by molar-refractivity contribution is 6.36. The second-order valence-electron chi connectivity index (χ2n) is 6.27. The van der Waals surface area contributed by atoms with Gasteiger partial charge >= 0.3 is 5.69 Å². The van der Waals surface area contributed by atoms with Crippen LogP contribution in [0, 0.1) is 0 Å². The van der Waals surface area contributed by atoms with Gasteiger partial charge in [0.05, 0.1) is 27.1 Å². The summed E-state index contributed by atoms with van der Waals surface area (Å²) in [5.41, 5.74) is 4.89. The summed E-state index contributed by atoms with van der Waals surface area (Å²) >= 11 is 6.50. The van der Waals surface area contributed by atoms with Gasteiger partial charge < -0.3 is 0 Å². The van der Waals surface area contributed by atoms with Crippen LogP contribution >= 0.6 is 11.6 Å². The maximum absolute atomic E-state index is 13.2. The Hall–Kier alpha value is -3.11. The van der Waals surface area contributed by atoms with E-state index in [0.717, 1.165) is 33.1 Å². The topological polar surface area (TPSA) is 39.3 Å². The average Bonchev–Trinajstić information content (AvgIpc) is 3.03. The molecule has 0 fully saturated rings. The molecule has 0 spiro atoms. The van der Waals surface area contributed by atoms with E-state index in [2.05, 4.69) is 4.98 Å². The van der Waals surface area contributed by atoms with Crippen molar-refractivity contribution >= 4 is 39.1 Å². The molecule has 5 heteroatoms. The number of halogens is 1. The van der Waals surface area contributed by atoms with Crippen LogP contribution in [0.3, 0.4) is 0 Å². The van der Waals surface area contributed by atoms with Gasteiger partial charge in [-0.25, -0.2) is 4.79 Å². The fourth-order valence-corrected chi connectivity index (χ4v) is 3.94. The van der Waals surface area contributed by atoms with Gasteiger partial charge in [0.2, 0.25) is 0 Å². The van der Waals surface area contributed by atoms with Crippen LogP contribution in [-0.4, -0.2) is 14.0 Å². The molecule has 26 heavy (non-hydrogen) atoms. The molecule has 5 aromatic rings. The van der Waals surface area contributed by atoms with Gasteiger partial charge in [-0.3, -0.25) is 14.0 Å². The lowest BCUT2D eigenvalue weighted by Gasteiger charge is -2.09. The lowest BCUT2D eigenvalue weighted by Crippen LogP contribution is -2.24. The zero-order valence-electron chi connectivity index (χ0n) is 14.0. The van der Waals surface area contributed by atoms with E-state index in [4.69, 9.17) is 11.6 Å². The molecule has 0 aliphatic heterocycles. The number of rotatable bonds is 1. The van der Waals surface area contributed by atoms with Crippen molar-refractivity contribution in [3.8, 4) is 11.1 Å². The minimum atomic E-state index is -0.138. The molecule has 4 nitrogen and oxygen atoms in total. The molecule has 0 radical (unpaired) electrons. The van der Waals surface area contributed by atoms with E-state index < -0.39 is 0 Å². The number of hydrogen-bond donors (Lipinski definition) is 0. The number of fused-ring (bicyclic) bond motifs is 5. The highest BCUT2D eigenvalue weighted by atomic mass is 35.5. The third-order valence-electron chi connectivity index (χ3n) is 4.86. The zero-order chi connectivity index (χ0) is 17.8. The van der Waals surface area contributed by atoms with Gasteiger partial charge in [0.25, 0.3) is 0 Å². The number of para-hydroxylation sites is 1. The molecule has 2 aromatic carbocycles. The van der Waals surface area contributed by atoms with E-state index in [0.29, 0.717) is 10.5 Å². The van der Waals surface area contributed by atoms with Crippen LogP contribution < -0.4 is 5.69 Å². The van der Waals surface area contributed by atoms with Crippen molar-refractivity contribution in [3.63, 3.8) is 0 Å². The van der Waals surface area contributed by atoms with E-state index in [9.17, 15) is 4.79 Å². The minimum absolute atomic E-state index is 0.138. The van der Waals surface area contributed by atoms with Crippen molar-refractivity contribution in [1.82, 2.24) is 14.0 Å². The smallest absolute Gasteiger partial charge is 0.296 e. The van der Waals surface area contributed by atoms with Gasteiger partial charge in [-0.15, -0.1) is 0 Å². The van der Waals surface area contributed by atoms with Crippen LogP contribution in [-0.2, 0) is 7.05 Å². The second kappa shape index (κ2) is 5.44. The lowest BCUT2D eigenvalue weighted by molar-refractivity contribution is 0.838. The van der Waals surface area contributed by atoms with E-state index >= 15 is 0 Å². The minimum Gasteiger partial charge on any atom is -0.296 e. The van der Waals surface area contributed by atoms with Gasteiger partial charge in [0.1, 0.15) is 0 Å². The number of hydrogen-bond acceptors (Lipinski definition) is 2. The standard InChI is InChI=1S/C21H14ClN3O/c1-24-16-10-6-5-9-14(16)19-17(13-7-3-2-4-8-13)18-20(25(19)21(24)26)15(22)11-12-23-18/h2-12H,1H3. The normalized spacial score (nSPS) is 11.6.